The Morgan fingerprint density at radius 2 is 1.74 bits per heavy atom. The molecule has 2 aromatic carbocycles. The van der Waals surface area contributed by atoms with Crippen LogP contribution in [-0.2, 0) is 20.7 Å². The maximum absolute atomic E-state index is 12.9. The Hall–Kier alpha value is -4.87. The number of phenolic OH excluding ortho intramolecular Hbond substituents is 1. The zero-order valence-corrected chi connectivity index (χ0v) is 17.6. The van der Waals surface area contributed by atoms with Gasteiger partial charge < -0.3 is 34.6 Å². The molecule has 0 aliphatic carbocycles. The van der Waals surface area contributed by atoms with Gasteiger partial charge in [-0.2, -0.15) is 0 Å². The summed E-state index contributed by atoms with van der Waals surface area (Å²) in [6.07, 6.45) is 0.461. The highest BCUT2D eigenvalue weighted by Crippen LogP contribution is 2.50. The number of carbonyl (C=O) groups excluding carboxylic acids is 3. The predicted molar refractivity (Wildman–Crippen MR) is 110 cm³/mol. The lowest BCUT2D eigenvalue weighted by Gasteiger charge is -2.18. The van der Waals surface area contributed by atoms with Crippen molar-refractivity contribution < 1.29 is 58.6 Å². The number of ether oxygens (including phenoxy) is 3. The Morgan fingerprint density at radius 1 is 1.06 bits per heavy atom. The van der Waals surface area contributed by atoms with Crippen molar-refractivity contribution in [3.63, 3.8) is 0 Å². The molecular formula is C22H16O12. The summed E-state index contributed by atoms with van der Waals surface area (Å²) in [6.45, 7) is 2.66. The molecule has 0 radical (unpaired) electrons. The van der Waals surface area contributed by atoms with Crippen molar-refractivity contribution in [3.8, 4) is 28.7 Å². The second-order valence-electron chi connectivity index (χ2n) is 7.04. The van der Waals surface area contributed by atoms with Gasteiger partial charge in [0.25, 0.3) is 0 Å². The molecule has 0 fully saturated rings. The van der Waals surface area contributed by atoms with Crippen LogP contribution >= 0.6 is 0 Å². The summed E-state index contributed by atoms with van der Waals surface area (Å²) in [5, 5.41) is 38.9. The van der Waals surface area contributed by atoms with E-state index in [2.05, 4.69) is 4.74 Å². The molecule has 12 nitrogen and oxygen atoms in total. The third-order valence-corrected chi connectivity index (χ3v) is 4.88. The molecule has 12 heteroatoms. The fourth-order valence-electron chi connectivity index (χ4n) is 3.37. The predicted octanol–water partition coefficient (Wildman–Crippen LogP) is 2.23. The maximum atomic E-state index is 12.9. The first kappa shape index (κ1) is 23.8. The number of carboxylic acids is 2. The van der Waals surface area contributed by atoms with Crippen LogP contribution < -0.4 is 9.47 Å². The van der Waals surface area contributed by atoms with Gasteiger partial charge in [-0.05, 0) is 25.5 Å². The van der Waals surface area contributed by atoms with Crippen molar-refractivity contribution in [2.45, 2.75) is 20.3 Å². The Balaban J connectivity index is 2.26. The summed E-state index contributed by atoms with van der Waals surface area (Å²) in [7, 11) is 0. The molecule has 0 bridgehead atoms. The number of aryl methyl sites for hydroxylation is 1. The number of hydrogen-bond acceptors (Lipinski definition) is 10. The minimum absolute atomic E-state index is 0.163. The first-order valence-corrected chi connectivity index (χ1v) is 9.40. The Morgan fingerprint density at radius 3 is 2.32 bits per heavy atom. The van der Waals surface area contributed by atoms with Crippen LogP contribution in [0.4, 0.5) is 0 Å². The minimum Gasteiger partial charge on any atom is -0.507 e. The van der Waals surface area contributed by atoms with Crippen molar-refractivity contribution in [3.05, 3.63) is 51.8 Å². The lowest BCUT2D eigenvalue weighted by molar-refractivity contribution is -0.137. The van der Waals surface area contributed by atoms with E-state index in [0.29, 0.717) is 12.3 Å². The molecule has 0 saturated heterocycles. The molecule has 4 N–H and O–H groups in total. The molecule has 2 aromatic rings. The minimum atomic E-state index is -1.61. The van der Waals surface area contributed by atoms with Gasteiger partial charge in [0.15, 0.2) is 23.5 Å². The summed E-state index contributed by atoms with van der Waals surface area (Å²) >= 11 is 0. The van der Waals surface area contributed by atoms with Crippen LogP contribution in [0.2, 0.25) is 0 Å². The zero-order chi connectivity index (χ0) is 25.3. The van der Waals surface area contributed by atoms with Crippen LogP contribution in [0.5, 0.6) is 28.7 Å². The van der Waals surface area contributed by atoms with Gasteiger partial charge in [-0.15, -0.1) is 0 Å². The van der Waals surface area contributed by atoms with Crippen LogP contribution in [0.1, 0.15) is 47.8 Å². The van der Waals surface area contributed by atoms with Crippen LogP contribution in [0.3, 0.4) is 0 Å². The van der Waals surface area contributed by atoms with Gasteiger partial charge >= 0.3 is 23.9 Å². The average Bonchev–Trinajstić information content (AvgIpc) is 2.88. The van der Waals surface area contributed by atoms with Gasteiger partial charge in [-0.25, -0.2) is 14.4 Å². The van der Waals surface area contributed by atoms with Crippen molar-refractivity contribution in [2.75, 3.05) is 0 Å². The van der Waals surface area contributed by atoms with E-state index in [0.717, 1.165) is 6.07 Å². The molecular weight excluding hydrogens is 456 g/mol. The highest BCUT2D eigenvalue weighted by atomic mass is 16.6. The second-order valence-corrected chi connectivity index (χ2v) is 7.04. The van der Waals surface area contributed by atoms with Gasteiger partial charge in [0.1, 0.15) is 28.9 Å². The highest BCUT2D eigenvalue weighted by Gasteiger charge is 2.36. The summed E-state index contributed by atoms with van der Waals surface area (Å²) in [5.41, 5.74) is -1.88. The van der Waals surface area contributed by atoms with Crippen LogP contribution in [-0.4, -0.2) is 50.6 Å². The quantitative estimate of drug-likeness (QED) is 0.158. The van der Waals surface area contributed by atoms with Crippen LogP contribution in [0.25, 0.3) is 0 Å². The first-order valence-electron chi connectivity index (χ1n) is 9.40. The molecule has 1 aliphatic heterocycles. The molecule has 0 amide bonds. The van der Waals surface area contributed by atoms with Gasteiger partial charge in [-0.1, -0.05) is 0 Å². The lowest BCUT2D eigenvalue weighted by atomic mass is 9.98. The van der Waals surface area contributed by atoms with E-state index in [1.54, 1.807) is 0 Å². The summed E-state index contributed by atoms with van der Waals surface area (Å²) < 4.78 is 15.7. The Labute approximate surface area is 190 Å². The third kappa shape index (κ3) is 4.11. The number of rotatable bonds is 6. The maximum Gasteiger partial charge on any atom is 0.347 e. The molecule has 176 valence electrons. The SMILES string of the molecule is Cc1cc(O)c(C=O)c2c1C(=O)Oc1c(CC(=O)OC=CC(=O)O)c(O)c(C(=O)O)c(C)c1O2. The number of phenols is 2. The van der Waals surface area contributed by atoms with Gasteiger partial charge in [-0.3, -0.25) is 9.59 Å². The standard InChI is InChI=1S/C22H16O12/c1-8-5-12(24)11(7-23)19-15(8)22(31)34-20-10(6-14(27)32-4-3-13(25)26)17(28)16(21(29)30)9(2)18(20)33-19/h3-5,7,24,28H,6H2,1-2H3,(H,25,26)(H,29,30). The van der Waals surface area contributed by atoms with Crippen molar-refractivity contribution in [1.29, 1.82) is 0 Å². The lowest BCUT2D eigenvalue weighted by Crippen LogP contribution is -2.14. The van der Waals surface area contributed by atoms with E-state index in [1.165, 1.54) is 13.8 Å². The molecule has 0 unspecified atom stereocenters. The average molecular weight is 472 g/mol. The molecule has 3 rings (SSSR count). The summed E-state index contributed by atoms with van der Waals surface area (Å²) in [5.74, 6) is -7.97. The van der Waals surface area contributed by atoms with E-state index in [1.807, 2.05) is 0 Å². The van der Waals surface area contributed by atoms with Crippen molar-refractivity contribution in [1.82, 2.24) is 0 Å². The first-order chi connectivity index (χ1) is 16.0. The fraction of sp³-hybridized carbons (Fsp3) is 0.136. The van der Waals surface area contributed by atoms with Gasteiger partial charge in [0.05, 0.1) is 23.6 Å². The number of aliphatic carboxylic acids is 1. The molecule has 1 aliphatic rings. The van der Waals surface area contributed by atoms with E-state index >= 15 is 0 Å². The molecule has 0 saturated carbocycles. The van der Waals surface area contributed by atoms with E-state index in [4.69, 9.17) is 14.6 Å². The molecule has 0 atom stereocenters. The van der Waals surface area contributed by atoms with E-state index in [-0.39, 0.29) is 23.0 Å². The smallest absolute Gasteiger partial charge is 0.347 e. The number of carbonyl (C=O) groups is 5. The number of aromatic carboxylic acids is 1. The molecule has 34 heavy (non-hydrogen) atoms. The number of hydrogen-bond donors (Lipinski definition) is 4. The summed E-state index contributed by atoms with van der Waals surface area (Å²) in [4.78, 5) is 59.0. The van der Waals surface area contributed by atoms with Crippen LogP contribution in [0, 0.1) is 13.8 Å². The number of fused-ring (bicyclic) bond motifs is 2. The number of benzene rings is 2. The number of aromatic hydroxyl groups is 2. The van der Waals surface area contributed by atoms with Gasteiger partial charge in [0, 0.05) is 5.56 Å². The largest absolute Gasteiger partial charge is 0.507 e. The van der Waals surface area contributed by atoms with Crippen LogP contribution in [0.15, 0.2) is 18.4 Å². The normalized spacial score (nSPS) is 12.1. The van der Waals surface area contributed by atoms with Gasteiger partial charge in [0.2, 0.25) is 0 Å². The Kier molecular flexibility index (Phi) is 6.25. The number of esters is 2. The highest BCUT2D eigenvalue weighted by molar-refractivity contribution is 6.03. The molecule has 0 spiro atoms. The van der Waals surface area contributed by atoms with E-state index < -0.39 is 75.7 Å². The topological polar surface area (TPSA) is 194 Å². The van der Waals surface area contributed by atoms with Crippen molar-refractivity contribution in [2.24, 2.45) is 0 Å². The number of aldehydes is 1. The molecule has 1 heterocycles. The fourth-order valence-corrected chi connectivity index (χ4v) is 3.37. The zero-order valence-electron chi connectivity index (χ0n) is 17.6. The number of carboxylic acid groups (broad SMARTS) is 2. The Bertz CT molecular complexity index is 1300. The second kappa shape index (κ2) is 8.94. The van der Waals surface area contributed by atoms with E-state index in [9.17, 15) is 39.3 Å². The van der Waals surface area contributed by atoms with Crippen molar-refractivity contribution >= 4 is 30.2 Å². The summed E-state index contributed by atoms with van der Waals surface area (Å²) in [6, 6.07) is 1.13. The monoisotopic (exact) mass is 472 g/mol. The third-order valence-electron chi connectivity index (χ3n) is 4.88. The molecule has 0 aromatic heterocycles.